The Morgan fingerprint density at radius 2 is 2.11 bits per heavy atom. The molecule has 0 spiro atoms. The van der Waals surface area contributed by atoms with E-state index < -0.39 is 0 Å². The number of carbonyl (C=O) groups excluding carboxylic acids is 1. The van der Waals surface area contributed by atoms with Crippen molar-refractivity contribution < 1.29 is 9.21 Å². The van der Waals surface area contributed by atoms with E-state index in [1.165, 1.54) is 0 Å². The highest BCUT2D eigenvalue weighted by Gasteiger charge is 2.29. The Morgan fingerprint density at radius 3 is 2.67 bits per heavy atom. The Balaban J connectivity index is 0.00000162. The van der Waals surface area contributed by atoms with Gasteiger partial charge in [0.25, 0.3) is 5.91 Å². The number of nitrogens with zero attached hydrogens (tertiary/aromatic N) is 1. The maximum Gasteiger partial charge on any atom is 0.257 e. The quantitative estimate of drug-likeness (QED) is 0.852. The van der Waals surface area contributed by atoms with Gasteiger partial charge in [-0.05, 0) is 33.8 Å². The van der Waals surface area contributed by atoms with Crippen LogP contribution < -0.4 is 5.32 Å². The van der Waals surface area contributed by atoms with Crippen molar-refractivity contribution in [2.24, 2.45) is 0 Å². The number of rotatable bonds is 1. The SMILES string of the molecule is Cc1cc(C(=O)N2CC(C)NCC2C)c(C)o1.Cl. The van der Waals surface area contributed by atoms with Crippen molar-refractivity contribution in [2.45, 2.75) is 39.8 Å². The summed E-state index contributed by atoms with van der Waals surface area (Å²) in [4.78, 5) is 14.4. The van der Waals surface area contributed by atoms with E-state index in [0.29, 0.717) is 17.4 Å². The minimum atomic E-state index is 0. The molecule has 2 rings (SSSR count). The smallest absolute Gasteiger partial charge is 0.257 e. The standard InChI is InChI=1S/C13H20N2O2.ClH/c1-8-7-15(9(2)6-14-8)13(16)12-5-10(3)17-11(12)4;/h5,8-9,14H,6-7H2,1-4H3;1H. The van der Waals surface area contributed by atoms with Gasteiger partial charge in [0.2, 0.25) is 0 Å². The van der Waals surface area contributed by atoms with Crippen LogP contribution in [0.25, 0.3) is 0 Å². The Hall–Kier alpha value is -1.000. The highest BCUT2D eigenvalue weighted by atomic mass is 35.5. The third-order valence-electron chi connectivity index (χ3n) is 3.30. The Labute approximate surface area is 114 Å². The van der Waals surface area contributed by atoms with Gasteiger partial charge in [0, 0.05) is 25.2 Å². The van der Waals surface area contributed by atoms with E-state index in [-0.39, 0.29) is 24.4 Å². The van der Waals surface area contributed by atoms with Crippen molar-refractivity contribution in [3.05, 3.63) is 23.2 Å². The van der Waals surface area contributed by atoms with Gasteiger partial charge in [0.05, 0.1) is 5.56 Å². The van der Waals surface area contributed by atoms with Crippen LogP contribution in [0.2, 0.25) is 0 Å². The Bertz CT molecular complexity index is 431. The van der Waals surface area contributed by atoms with Crippen molar-refractivity contribution in [3.63, 3.8) is 0 Å². The number of halogens is 1. The molecule has 2 atom stereocenters. The van der Waals surface area contributed by atoms with Crippen LogP contribution in [0, 0.1) is 13.8 Å². The lowest BCUT2D eigenvalue weighted by Gasteiger charge is -2.37. The molecule has 1 saturated heterocycles. The number of amides is 1. The van der Waals surface area contributed by atoms with Gasteiger partial charge in [0.1, 0.15) is 11.5 Å². The van der Waals surface area contributed by atoms with Gasteiger partial charge in [-0.3, -0.25) is 4.79 Å². The minimum absolute atomic E-state index is 0. The van der Waals surface area contributed by atoms with Crippen LogP contribution in [-0.4, -0.2) is 36.0 Å². The maximum absolute atomic E-state index is 12.4. The summed E-state index contributed by atoms with van der Waals surface area (Å²) in [5.41, 5.74) is 0.698. The Morgan fingerprint density at radius 1 is 1.44 bits per heavy atom. The summed E-state index contributed by atoms with van der Waals surface area (Å²) in [6, 6.07) is 2.41. The van der Waals surface area contributed by atoms with Crippen LogP contribution in [-0.2, 0) is 0 Å². The molecule has 1 N–H and O–H groups in total. The lowest BCUT2D eigenvalue weighted by atomic mass is 10.1. The van der Waals surface area contributed by atoms with Gasteiger partial charge < -0.3 is 14.6 Å². The number of furan rings is 1. The van der Waals surface area contributed by atoms with Crippen LogP contribution in [0.3, 0.4) is 0 Å². The second kappa shape index (κ2) is 5.76. The molecule has 1 fully saturated rings. The minimum Gasteiger partial charge on any atom is -0.466 e. The van der Waals surface area contributed by atoms with Gasteiger partial charge >= 0.3 is 0 Å². The van der Waals surface area contributed by atoms with Gasteiger partial charge in [-0.15, -0.1) is 12.4 Å². The molecule has 102 valence electrons. The molecule has 1 aliphatic heterocycles. The van der Waals surface area contributed by atoms with Gasteiger partial charge in [0.15, 0.2) is 0 Å². The average molecular weight is 273 g/mol. The third-order valence-corrected chi connectivity index (χ3v) is 3.30. The van der Waals surface area contributed by atoms with Gasteiger partial charge in [-0.2, -0.15) is 0 Å². The molecule has 1 aliphatic rings. The average Bonchev–Trinajstić information content (AvgIpc) is 2.60. The zero-order valence-electron chi connectivity index (χ0n) is 11.3. The molecule has 4 nitrogen and oxygen atoms in total. The largest absolute Gasteiger partial charge is 0.466 e. The van der Waals surface area contributed by atoms with E-state index in [9.17, 15) is 4.79 Å². The van der Waals surface area contributed by atoms with Crippen LogP contribution in [0.1, 0.15) is 35.7 Å². The summed E-state index contributed by atoms with van der Waals surface area (Å²) < 4.78 is 5.43. The molecule has 0 aliphatic carbocycles. The molecule has 5 heteroatoms. The second-order valence-corrected chi connectivity index (χ2v) is 4.94. The molecule has 0 radical (unpaired) electrons. The van der Waals surface area contributed by atoms with Crippen LogP contribution in [0.4, 0.5) is 0 Å². The fourth-order valence-corrected chi connectivity index (χ4v) is 2.30. The molecule has 1 aromatic heterocycles. The van der Waals surface area contributed by atoms with Crippen molar-refractivity contribution in [3.8, 4) is 0 Å². The van der Waals surface area contributed by atoms with Crippen molar-refractivity contribution in [2.75, 3.05) is 13.1 Å². The van der Waals surface area contributed by atoms with Crippen LogP contribution in [0.5, 0.6) is 0 Å². The zero-order chi connectivity index (χ0) is 12.6. The molecule has 1 aromatic rings. The lowest BCUT2D eigenvalue weighted by molar-refractivity contribution is 0.0614. The van der Waals surface area contributed by atoms with E-state index in [1.54, 1.807) is 0 Å². The summed E-state index contributed by atoms with van der Waals surface area (Å²) in [5, 5.41) is 3.37. The number of hydrogen-bond acceptors (Lipinski definition) is 3. The summed E-state index contributed by atoms with van der Waals surface area (Å²) in [6.07, 6.45) is 0. The predicted octanol–water partition coefficient (Wildman–Crippen LogP) is 2.14. The summed E-state index contributed by atoms with van der Waals surface area (Å²) in [6.45, 7) is 9.48. The van der Waals surface area contributed by atoms with Crippen molar-refractivity contribution >= 4 is 18.3 Å². The van der Waals surface area contributed by atoms with Crippen LogP contribution >= 0.6 is 12.4 Å². The fraction of sp³-hybridized carbons (Fsp3) is 0.615. The van der Waals surface area contributed by atoms with E-state index in [0.717, 1.165) is 18.8 Å². The van der Waals surface area contributed by atoms with Crippen molar-refractivity contribution in [1.82, 2.24) is 10.2 Å². The molecule has 0 aromatic carbocycles. The number of carbonyl (C=O) groups is 1. The highest BCUT2D eigenvalue weighted by Crippen LogP contribution is 2.18. The van der Waals surface area contributed by atoms with E-state index in [1.807, 2.05) is 24.8 Å². The highest BCUT2D eigenvalue weighted by molar-refractivity contribution is 5.95. The number of aryl methyl sites for hydroxylation is 2. The van der Waals surface area contributed by atoms with E-state index in [4.69, 9.17) is 4.42 Å². The Kier molecular flexibility index (Phi) is 4.82. The van der Waals surface area contributed by atoms with Crippen molar-refractivity contribution in [1.29, 1.82) is 0 Å². The fourth-order valence-electron chi connectivity index (χ4n) is 2.30. The second-order valence-electron chi connectivity index (χ2n) is 4.94. The number of nitrogens with one attached hydrogen (secondary N) is 1. The lowest BCUT2D eigenvalue weighted by Crippen LogP contribution is -2.56. The van der Waals surface area contributed by atoms with E-state index in [2.05, 4.69) is 19.2 Å². The monoisotopic (exact) mass is 272 g/mol. The van der Waals surface area contributed by atoms with Crippen LogP contribution in [0.15, 0.2) is 10.5 Å². The first kappa shape index (κ1) is 15.1. The molecule has 0 saturated carbocycles. The molecule has 2 heterocycles. The topological polar surface area (TPSA) is 45.5 Å². The van der Waals surface area contributed by atoms with Gasteiger partial charge in [-0.1, -0.05) is 0 Å². The van der Waals surface area contributed by atoms with E-state index >= 15 is 0 Å². The van der Waals surface area contributed by atoms with Gasteiger partial charge in [-0.25, -0.2) is 0 Å². The zero-order valence-corrected chi connectivity index (χ0v) is 12.1. The first-order valence-corrected chi connectivity index (χ1v) is 6.10. The molecular weight excluding hydrogens is 252 g/mol. The first-order chi connectivity index (χ1) is 7.99. The molecular formula is C13H21ClN2O2. The molecule has 18 heavy (non-hydrogen) atoms. The molecule has 2 unspecified atom stereocenters. The predicted molar refractivity (Wildman–Crippen MR) is 73.4 cm³/mol. The third kappa shape index (κ3) is 2.87. The molecule has 0 bridgehead atoms. The molecule has 1 amide bonds. The summed E-state index contributed by atoms with van der Waals surface area (Å²) in [7, 11) is 0. The number of piperazine rings is 1. The normalized spacial score (nSPS) is 23.7. The maximum atomic E-state index is 12.4. The number of hydrogen-bond donors (Lipinski definition) is 1. The first-order valence-electron chi connectivity index (χ1n) is 6.10. The summed E-state index contributed by atoms with van der Waals surface area (Å²) in [5.74, 6) is 1.59. The summed E-state index contributed by atoms with van der Waals surface area (Å²) >= 11 is 0.